The van der Waals surface area contributed by atoms with Gasteiger partial charge in [-0.2, -0.15) is 0 Å². The number of likely N-dealkylation sites (N-methyl/N-ethyl adjacent to an activating group) is 1. The lowest BCUT2D eigenvalue weighted by Crippen LogP contribution is -2.23. The van der Waals surface area contributed by atoms with Crippen molar-refractivity contribution in [1.29, 1.82) is 0 Å². The van der Waals surface area contributed by atoms with Crippen molar-refractivity contribution in [3.05, 3.63) is 68.9 Å². The maximum absolute atomic E-state index is 13.5. The molecule has 1 unspecified atom stereocenters. The van der Waals surface area contributed by atoms with Crippen LogP contribution in [-0.4, -0.2) is 6.54 Å². The van der Waals surface area contributed by atoms with Crippen LogP contribution in [0, 0.1) is 19.7 Å². The van der Waals surface area contributed by atoms with Crippen molar-refractivity contribution >= 4 is 15.9 Å². The molecule has 1 nitrogen and oxygen atoms in total. The topological polar surface area (TPSA) is 12.0 Å². The average Bonchev–Trinajstić information content (AvgIpc) is 2.45. The van der Waals surface area contributed by atoms with Crippen LogP contribution in [0.15, 0.2) is 40.9 Å². The van der Waals surface area contributed by atoms with Crippen molar-refractivity contribution in [1.82, 2.24) is 5.32 Å². The lowest BCUT2D eigenvalue weighted by atomic mass is 9.95. The Morgan fingerprint density at radius 2 is 1.90 bits per heavy atom. The first-order valence-corrected chi connectivity index (χ1v) is 8.05. The number of nitrogens with one attached hydrogen (secondary N) is 1. The molecule has 1 N–H and O–H groups in total. The summed E-state index contributed by atoms with van der Waals surface area (Å²) in [7, 11) is 0. The molecule has 0 radical (unpaired) electrons. The van der Waals surface area contributed by atoms with Gasteiger partial charge in [-0.05, 0) is 61.7 Å². The van der Waals surface area contributed by atoms with Crippen LogP contribution in [0.4, 0.5) is 4.39 Å². The van der Waals surface area contributed by atoms with Gasteiger partial charge in [-0.3, -0.25) is 0 Å². The highest BCUT2D eigenvalue weighted by atomic mass is 79.9. The zero-order valence-electron chi connectivity index (χ0n) is 12.7. The monoisotopic (exact) mass is 349 g/mol. The Balaban J connectivity index is 2.35. The van der Waals surface area contributed by atoms with Crippen LogP contribution < -0.4 is 5.32 Å². The van der Waals surface area contributed by atoms with E-state index in [-0.39, 0.29) is 11.9 Å². The molecule has 0 heterocycles. The Morgan fingerprint density at radius 3 is 2.62 bits per heavy atom. The zero-order valence-corrected chi connectivity index (χ0v) is 14.3. The molecule has 0 saturated heterocycles. The van der Waals surface area contributed by atoms with Crippen LogP contribution >= 0.6 is 15.9 Å². The fraction of sp³-hybridized carbons (Fsp3) is 0.333. The third-order valence-electron chi connectivity index (χ3n) is 3.71. The van der Waals surface area contributed by atoms with E-state index in [0.29, 0.717) is 0 Å². The van der Waals surface area contributed by atoms with Gasteiger partial charge in [0.1, 0.15) is 5.82 Å². The Labute approximate surface area is 134 Å². The Kier molecular flexibility index (Phi) is 5.54. The zero-order chi connectivity index (χ0) is 15.4. The van der Waals surface area contributed by atoms with Crippen LogP contribution in [0.1, 0.15) is 35.2 Å². The van der Waals surface area contributed by atoms with Crippen LogP contribution in [0.3, 0.4) is 0 Å². The van der Waals surface area contributed by atoms with E-state index in [1.807, 2.05) is 13.0 Å². The van der Waals surface area contributed by atoms with Gasteiger partial charge in [-0.25, -0.2) is 4.39 Å². The first-order chi connectivity index (χ1) is 10.0. The van der Waals surface area contributed by atoms with E-state index in [1.54, 1.807) is 6.07 Å². The van der Waals surface area contributed by atoms with Crippen molar-refractivity contribution in [3.63, 3.8) is 0 Å². The second-order valence-electron chi connectivity index (χ2n) is 5.41. The molecular weight excluding hydrogens is 329 g/mol. The molecular formula is C18H21BrFN. The summed E-state index contributed by atoms with van der Waals surface area (Å²) in [4.78, 5) is 0. The highest BCUT2D eigenvalue weighted by Crippen LogP contribution is 2.28. The number of rotatable bonds is 5. The van der Waals surface area contributed by atoms with E-state index in [2.05, 4.69) is 53.3 Å². The predicted molar refractivity (Wildman–Crippen MR) is 90.1 cm³/mol. The Hall–Kier alpha value is -1.19. The van der Waals surface area contributed by atoms with Gasteiger partial charge in [-0.15, -0.1) is 0 Å². The van der Waals surface area contributed by atoms with Gasteiger partial charge in [-0.1, -0.05) is 46.6 Å². The normalized spacial score (nSPS) is 12.4. The van der Waals surface area contributed by atoms with Gasteiger partial charge in [0, 0.05) is 10.5 Å². The van der Waals surface area contributed by atoms with E-state index in [1.165, 1.54) is 17.2 Å². The molecule has 2 aromatic rings. The van der Waals surface area contributed by atoms with Crippen LogP contribution in [0.2, 0.25) is 0 Å². The Bertz CT molecular complexity index is 625. The van der Waals surface area contributed by atoms with Gasteiger partial charge < -0.3 is 5.32 Å². The molecule has 0 aliphatic heterocycles. The highest BCUT2D eigenvalue weighted by molar-refractivity contribution is 9.10. The molecule has 112 valence electrons. The lowest BCUT2D eigenvalue weighted by Gasteiger charge is -2.21. The van der Waals surface area contributed by atoms with Crippen molar-refractivity contribution in [2.45, 2.75) is 33.2 Å². The van der Waals surface area contributed by atoms with Crippen molar-refractivity contribution in [2.24, 2.45) is 0 Å². The molecule has 0 bridgehead atoms. The predicted octanol–water partition coefficient (Wildman–Crippen LogP) is 5.10. The van der Waals surface area contributed by atoms with Crippen LogP contribution in [0.5, 0.6) is 0 Å². The fourth-order valence-electron chi connectivity index (χ4n) is 2.55. The highest BCUT2D eigenvalue weighted by Gasteiger charge is 2.16. The lowest BCUT2D eigenvalue weighted by molar-refractivity contribution is 0.543. The van der Waals surface area contributed by atoms with E-state index in [4.69, 9.17) is 0 Å². The van der Waals surface area contributed by atoms with Crippen LogP contribution in [0.25, 0.3) is 0 Å². The molecule has 21 heavy (non-hydrogen) atoms. The van der Waals surface area contributed by atoms with Gasteiger partial charge >= 0.3 is 0 Å². The summed E-state index contributed by atoms with van der Waals surface area (Å²) in [6.45, 7) is 7.09. The number of hydrogen-bond donors (Lipinski definition) is 1. The SMILES string of the molecule is CCNC(Cc1cc(F)ccc1C)c1cc(C)ccc1Br. The minimum Gasteiger partial charge on any atom is -0.310 e. The van der Waals surface area contributed by atoms with Gasteiger partial charge in [0.15, 0.2) is 0 Å². The Morgan fingerprint density at radius 1 is 1.14 bits per heavy atom. The largest absolute Gasteiger partial charge is 0.310 e. The quantitative estimate of drug-likeness (QED) is 0.791. The van der Waals surface area contributed by atoms with Crippen molar-refractivity contribution < 1.29 is 4.39 Å². The van der Waals surface area contributed by atoms with Crippen molar-refractivity contribution in [3.8, 4) is 0 Å². The summed E-state index contributed by atoms with van der Waals surface area (Å²) >= 11 is 3.63. The summed E-state index contributed by atoms with van der Waals surface area (Å²) in [6.07, 6.45) is 0.777. The maximum Gasteiger partial charge on any atom is 0.123 e. The molecule has 0 amide bonds. The molecule has 1 atom stereocenters. The third kappa shape index (κ3) is 4.14. The number of aryl methyl sites for hydroxylation is 2. The average molecular weight is 350 g/mol. The summed E-state index contributed by atoms with van der Waals surface area (Å²) < 4.78 is 14.6. The number of halogens is 2. The number of hydrogen-bond acceptors (Lipinski definition) is 1. The summed E-state index contributed by atoms with van der Waals surface area (Å²) in [5.41, 5.74) is 4.63. The summed E-state index contributed by atoms with van der Waals surface area (Å²) in [5.74, 6) is -0.172. The maximum atomic E-state index is 13.5. The van der Waals surface area contributed by atoms with Gasteiger partial charge in [0.2, 0.25) is 0 Å². The molecule has 0 fully saturated rings. The second-order valence-corrected chi connectivity index (χ2v) is 6.26. The first-order valence-electron chi connectivity index (χ1n) is 7.25. The molecule has 0 spiro atoms. The van der Waals surface area contributed by atoms with E-state index >= 15 is 0 Å². The molecule has 0 saturated carbocycles. The molecule has 3 heteroatoms. The molecule has 0 aliphatic rings. The third-order valence-corrected chi connectivity index (χ3v) is 4.43. The van der Waals surface area contributed by atoms with E-state index < -0.39 is 0 Å². The summed E-state index contributed by atoms with van der Waals surface area (Å²) in [6, 6.07) is 11.5. The van der Waals surface area contributed by atoms with Crippen molar-refractivity contribution in [2.75, 3.05) is 6.54 Å². The molecule has 2 aromatic carbocycles. The molecule has 2 rings (SSSR count). The van der Waals surface area contributed by atoms with Gasteiger partial charge in [0.05, 0.1) is 0 Å². The minimum absolute atomic E-state index is 0.171. The van der Waals surface area contributed by atoms with E-state index in [9.17, 15) is 4.39 Å². The molecule has 0 aromatic heterocycles. The second kappa shape index (κ2) is 7.19. The standard InChI is InChI=1S/C18H21BrFN/c1-4-21-18(16-9-12(2)5-8-17(16)19)11-14-10-15(20)7-6-13(14)3/h5-10,18,21H,4,11H2,1-3H3. The number of benzene rings is 2. The molecule has 0 aliphatic carbocycles. The smallest absolute Gasteiger partial charge is 0.123 e. The first kappa shape index (κ1) is 16.2. The fourth-order valence-corrected chi connectivity index (χ4v) is 3.07. The van der Waals surface area contributed by atoms with Crippen LogP contribution in [-0.2, 0) is 6.42 Å². The van der Waals surface area contributed by atoms with Gasteiger partial charge in [0.25, 0.3) is 0 Å². The van der Waals surface area contributed by atoms with E-state index in [0.717, 1.165) is 28.6 Å². The minimum atomic E-state index is -0.172. The summed E-state index contributed by atoms with van der Waals surface area (Å²) in [5, 5.41) is 3.51.